The summed E-state index contributed by atoms with van der Waals surface area (Å²) in [5.74, 6) is -2.09. The van der Waals surface area contributed by atoms with Gasteiger partial charge in [0, 0.05) is 34.6 Å². The molecule has 9 heteroatoms. The minimum atomic E-state index is -4.05. The molecule has 2 rings (SSSR count). The molecule has 0 bridgehead atoms. The Bertz CT molecular complexity index is 708. The normalized spacial score (nSPS) is 18.1. The number of carboxylic acid groups (broad SMARTS) is 1. The Kier molecular flexibility index (Phi) is 6.88. The van der Waals surface area contributed by atoms with E-state index in [2.05, 4.69) is 4.72 Å². The summed E-state index contributed by atoms with van der Waals surface area (Å²) < 4.78 is 40.3. The van der Waals surface area contributed by atoms with E-state index in [9.17, 15) is 17.6 Å². The summed E-state index contributed by atoms with van der Waals surface area (Å²) in [7, 11) is -4.05. The zero-order valence-corrected chi connectivity index (χ0v) is 15.4. The monoisotopic (exact) mass is 356 g/mol. The van der Waals surface area contributed by atoms with Gasteiger partial charge in [0.05, 0.1) is 11.3 Å². The van der Waals surface area contributed by atoms with Crippen LogP contribution in [-0.4, -0.2) is 54.3 Å². The summed E-state index contributed by atoms with van der Waals surface area (Å²) in [6, 6.07) is 3.52. The molecule has 1 radical (unpaired) electrons. The molecule has 0 aromatic heterocycles. The molecule has 1 aliphatic rings. The van der Waals surface area contributed by atoms with Crippen LogP contribution in [0, 0.1) is 5.82 Å². The molecule has 0 heterocycles. The zero-order valence-electron chi connectivity index (χ0n) is 11.8. The van der Waals surface area contributed by atoms with Crippen molar-refractivity contribution in [2.45, 2.75) is 24.5 Å². The Morgan fingerprint density at radius 2 is 2.09 bits per heavy atom. The van der Waals surface area contributed by atoms with Gasteiger partial charge in [-0.05, 0) is 37.5 Å². The number of halogens is 2. The first-order valence-electron chi connectivity index (χ1n) is 6.21. The molecule has 0 fully saturated rings. The topological polar surface area (TPSA) is 83.5 Å². The van der Waals surface area contributed by atoms with E-state index in [0.717, 1.165) is 6.07 Å². The summed E-state index contributed by atoms with van der Waals surface area (Å²) >= 11 is 5.60. The molecular formula is C13H13ClFNNaO4S. The average Bonchev–Trinajstić information content (AvgIpc) is 2.42. The van der Waals surface area contributed by atoms with E-state index in [-0.39, 0.29) is 52.3 Å². The molecule has 1 aromatic rings. The fourth-order valence-electron chi connectivity index (χ4n) is 2.19. The maximum atomic E-state index is 13.7. The van der Waals surface area contributed by atoms with Crippen LogP contribution in [-0.2, 0) is 14.8 Å². The number of carbonyl (C=O) groups is 1. The first kappa shape index (κ1) is 19.4. The standard InChI is InChI=1S/C13H13ClFNO4S.Na/c14-8-5-6-11(10(15)7-8)16-21(19,20)12-4-2-1-3-9(12)13(17)18;/h3,5-7,12,16H,1-2,4H2,(H,17,18);. The number of allylic oxidation sites excluding steroid dienone is 1. The van der Waals surface area contributed by atoms with Crippen molar-refractivity contribution in [3.05, 3.63) is 40.7 Å². The van der Waals surface area contributed by atoms with Crippen molar-refractivity contribution in [2.24, 2.45) is 0 Å². The van der Waals surface area contributed by atoms with E-state index in [0.29, 0.717) is 12.8 Å². The number of hydrogen-bond donors (Lipinski definition) is 2. The van der Waals surface area contributed by atoms with E-state index in [1.807, 2.05) is 0 Å². The van der Waals surface area contributed by atoms with Gasteiger partial charge in [-0.2, -0.15) is 0 Å². The predicted octanol–water partition coefficient (Wildman–Crippen LogP) is 2.40. The van der Waals surface area contributed by atoms with Gasteiger partial charge in [0.1, 0.15) is 11.1 Å². The summed E-state index contributed by atoms with van der Waals surface area (Å²) in [5, 5.41) is 8.02. The van der Waals surface area contributed by atoms with Crippen molar-refractivity contribution in [1.29, 1.82) is 0 Å². The van der Waals surface area contributed by atoms with Gasteiger partial charge in [-0.25, -0.2) is 17.6 Å². The van der Waals surface area contributed by atoms with Crippen molar-refractivity contribution in [3.63, 3.8) is 0 Å². The molecule has 0 aliphatic heterocycles. The molecule has 0 spiro atoms. The molecule has 1 atom stereocenters. The maximum Gasteiger partial charge on any atom is 0.332 e. The fourth-order valence-corrected chi connectivity index (χ4v) is 3.97. The average molecular weight is 357 g/mol. The number of benzene rings is 1. The van der Waals surface area contributed by atoms with Gasteiger partial charge in [0.15, 0.2) is 0 Å². The first-order valence-corrected chi connectivity index (χ1v) is 8.14. The molecular weight excluding hydrogens is 344 g/mol. The molecule has 0 saturated heterocycles. The van der Waals surface area contributed by atoms with Crippen LogP contribution in [0.4, 0.5) is 10.1 Å². The second-order valence-electron chi connectivity index (χ2n) is 4.66. The SMILES string of the molecule is O=C(O)C1=CCCCC1S(=O)(=O)Nc1ccc(Cl)cc1F.[Na]. The van der Waals surface area contributed by atoms with Gasteiger partial charge >= 0.3 is 5.97 Å². The largest absolute Gasteiger partial charge is 0.478 e. The van der Waals surface area contributed by atoms with Gasteiger partial charge in [0.2, 0.25) is 10.0 Å². The molecule has 22 heavy (non-hydrogen) atoms. The van der Waals surface area contributed by atoms with Gasteiger partial charge in [-0.1, -0.05) is 17.7 Å². The number of aliphatic carboxylic acids is 1. The number of nitrogens with one attached hydrogen (secondary N) is 1. The number of carboxylic acids is 1. The quantitative estimate of drug-likeness (QED) is 0.811. The molecule has 1 aromatic carbocycles. The number of anilines is 1. The third kappa shape index (κ3) is 4.45. The van der Waals surface area contributed by atoms with Crippen LogP contribution >= 0.6 is 11.6 Å². The Labute approximate surface area is 154 Å². The molecule has 2 N–H and O–H groups in total. The first-order chi connectivity index (χ1) is 9.81. The van der Waals surface area contributed by atoms with Gasteiger partial charge in [0.25, 0.3) is 0 Å². The maximum absolute atomic E-state index is 13.7. The Hall–Kier alpha value is -0.600. The molecule has 0 amide bonds. The smallest absolute Gasteiger partial charge is 0.332 e. The molecule has 1 aliphatic carbocycles. The van der Waals surface area contributed by atoms with Crippen LogP contribution in [0.15, 0.2) is 29.8 Å². The van der Waals surface area contributed by atoms with Crippen LogP contribution < -0.4 is 4.72 Å². The minimum absolute atomic E-state index is 0. The van der Waals surface area contributed by atoms with Crippen LogP contribution in [0.5, 0.6) is 0 Å². The Morgan fingerprint density at radius 3 is 2.68 bits per heavy atom. The summed E-state index contributed by atoms with van der Waals surface area (Å²) in [4.78, 5) is 11.1. The second kappa shape index (κ2) is 7.79. The van der Waals surface area contributed by atoms with Crippen LogP contribution in [0.1, 0.15) is 19.3 Å². The summed E-state index contributed by atoms with van der Waals surface area (Å²) in [6.07, 6.45) is 2.66. The third-order valence-corrected chi connectivity index (χ3v) is 5.16. The van der Waals surface area contributed by atoms with Crippen molar-refractivity contribution in [2.75, 3.05) is 4.72 Å². The van der Waals surface area contributed by atoms with E-state index in [1.54, 1.807) is 0 Å². The number of hydrogen-bond acceptors (Lipinski definition) is 3. The summed E-state index contributed by atoms with van der Waals surface area (Å²) in [6.45, 7) is 0. The Balaban J connectivity index is 0.00000242. The van der Waals surface area contributed by atoms with E-state index >= 15 is 0 Å². The molecule has 1 unspecified atom stereocenters. The number of sulfonamides is 1. The van der Waals surface area contributed by atoms with Gasteiger partial charge in [-0.15, -0.1) is 0 Å². The summed E-state index contributed by atoms with van der Waals surface area (Å²) in [5.41, 5.74) is -0.433. The fraction of sp³-hybridized carbons (Fsp3) is 0.308. The van der Waals surface area contributed by atoms with Gasteiger partial charge in [-0.3, -0.25) is 4.72 Å². The third-order valence-electron chi connectivity index (χ3n) is 3.19. The van der Waals surface area contributed by atoms with Crippen molar-refractivity contribution in [3.8, 4) is 0 Å². The minimum Gasteiger partial charge on any atom is -0.478 e. The zero-order chi connectivity index (χ0) is 15.6. The van der Waals surface area contributed by atoms with E-state index in [1.165, 1.54) is 18.2 Å². The van der Waals surface area contributed by atoms with Crippen LogP contribution in [0.2, 0.25) is 5.02 Å². The molecule has 5 nitrogen and oxygen atoms in total. The number of rotatable bonds is 4. The Morgan fingerprint density at radius 1 is 1.41 bits per heavy atom. The predicted molar refractivity (Wildman–Crippen MR) is 83.1 cm³/mol. The van der Waals surface area contributed by atoms with Crippen molar-refractivity contribution >= 4 is 62.8 Å². The van der Waals surface area contributed by atoms with Crippen LogP contribution in [0.3, 0.4) is 0 Å². The van der Waals surface area contributed by atoms with Gasteiger partial charge < -0.3 is 5.11 Å². The van der Waals surface area contributed by atoms with Crippen molar-refractivity contribution < 1.29 is 22.7 Å². The van der Waals surface area contributed by atoms with Crippen molar-refractivity contribution in [1.82, 2.24) is 0 Å². The van der Waals surface area contributed by atoms with Crippen LogP contribution in [0.25, 0.3) is 0 Å². The molecule has 0 saturated carbocycles. The van der Waals surface area contributed by atoms with E-state index < -0.39 is 27.1 Å². The second-order valence-corrected chi connectivity index (χ2v) is 6.96. The molecule has 115 valence electrons. The van der Waals surface area contributed by atoms with E-state index in [4.69, 9.17) is 16.7 Å².